The first-order valence-corrected chi connectivity index (χ1v) is 7.19. The zero-order valence-corrected chi connectivity index (χ0v) is 13.3. The van der Waals surface area contributed by atoms with Crippen LogP contribution in [0.4, 0.5) is 5.69 Å². The van der Waals surface area contributed by atoms with Gasteiger partial charge in [0.15, 0.2) is 0 Å². The van der Waals surface area contributed by atoms with E-state index in [1.165, 1.54) is 0 Å². The molecule has 0 bridgehead atoms. The van der Waals surface area contributed by atoms with Gasteiger partial charge in [0, 0.05) is 16.2 Å². The molecule has 0 radical (unpaired) electrons. The molecule has 0 aliphatic rings. The Hall–Kier alpha value is -0.900. The minimum Gasteiger partial charge on any atom is -0.484 e. The maximum Gasteiger partial charge on any atom is 0.140 e. The van der Waals surface area contributed by atoms with Gasteiger partial charge in [-0.15, -0.1) is 0 Å². The third-order valence-electron chi connectivity index (χ3n) is 2.68. The number of anilines is 1. The molecule has 2 rings (SSSR count). The summed E-state index contributed by atoms with van der Waals surface area (Å²) in [4.78, 5) is 0. The van der Waals surface area contributed by atoms with Gasteiger partial charge in [0.25, 0.3) is 0 Å². The molecule has 2 aromatic carbocycles. The highest BCUT2D eigenvalue weighted by atomic mass is 79.9. The summed E-state index contributed by atoms with van der Waals surface area (Å²) in [5.41, 5.74) is 7.40. The lowest BCUT2D eigenvalue weighted by atomic mass is 10.1. The van der Waals surface area contributed by atoms with Gasteiger partial charge in [-0.2, -0.15) is 0 Å². The van der Waals surface area contributed by atoms with Crippen LogP contribution in [0.15, 0.2) is 40.9 Å². The summed E-state index contributed by atoms with van der Waals surface area (Å²) >= 11 is 15.5. The molecule has 0 saturated heterocycles. The lowest BCUT2D eigenvalue weighted by Crippen LogP contribution is -2.03. The van der Waals surface area contributed by atoms with E-state index >= 15 is 0 Å². The van der Waals surface area contributed by atoms with Gasteiger partial charge in [-0.05, 0) is 46.6 Å². The minimum atomic E-state index is -0.143. The van der Waals surface area contributed by atoms with Crippen molar-refractivity contribution in [1.29, 1.82) is 0 Å². The van der Waals surface area contributed by atoms with Gasteiger partial charge < -0.3 is 10.5 Å². The summed E-state index contributed by atoms with van der Waals surface area (Å²) in [5, 5.41) is 1.07. The van der Waals surface area contributed by atoms with Crippen LogP contribution < -0.4 is 10.5 Å². The Kier molecular flexibility index (Phi) is 4.61. The lowest BCUT2D eigenvalue weighted by molar-refractivity contribution is 0.227. The second-order valence-corrected chi connectivity index (χ2v) is 5.79. The Morgan fingerprint density at radius 3 is 2.37 bits per heavy atom. The molecule has 0 aromatic heterocycles. The lowest BCUT2D eigenvalue weighted by Gasteiger charge is -2.17. The number of hydrogen-bond donors (Lipinski definition) is 1. The van der Waals surface area contributed by atoms with Crippen LogP contribution in [0.25, 0.3) is 0 Å². The molecule has 0 heterocycles. The Balaban J connectivity index is 2.21. The maximum atomic E-state index is 6.12. The fourth-order valence-electron chi connectivity index (χ4n) is 1.62. The largest absolute Gasteiger partial charge is 0.484 e. The molecule has 2 aromatic rings. The predicted molar refractivity (Wildman–Crippen MR) is 84.1 cm³/mol. The van der Waals surface area contributed by atoms with Crippen LogP contribution >= 0.6 is 39.1 Å². The quantitative estimate of drug-likeness (QED) is 0.581. The summed E-state index contributed by atoms with van der Waals surface area (Å²) in [7, 11) is 0. The number of halogens is 3. The Morgan fingerprint density at radius 1 is 1.11 bits per heavy atom. The van der Waals surface area contributed by atoms with Crippen molar-refractivity contribution >= 4 is 44.8 Å². The number of benzene rings is 2. The Morgan fingerprint density at radius 2 is 1.74 bits per heavy atom. The fraction of sp³-hybridized carbons (Fsp3) is 0.143. The van der Waals surface area contributed by atoms with Crippen molar-refractivity contribution < 1.29 is 4.74 Å². The van der Waals surface area contributed by atoms with Crippen molar-refractivity contribution in [3.63, 3.8) is 0 Å². The van der Waals surface area contributed by atoms with E-state index in [1.807, 2.05) is 31.2 Å². The zero-order valence-electron chi connectivity index (χ0n) is 10.2. The van der Waals surface area contributed by atoms with E-state index in [1.54, 1.807) is 12.1 Å². The first kappa shape index (κ1) is 14.5. The molecule has 0 aliphatic heterocycles. The smallest absolute Gasteiger partial charge is 0.140 e. The van der Waals surface area contributed by atoms with Crippen molar-refractivity contribution in [2.24, 2.45) is 0 Å². The minimum absolute atomic E-state index is 0.143. The fourth-order valence-corrected chi connectivity index (χ4v) is 2.46. The molecule has 1 atom stereocenters. The van der Waals surface area contributed by atoms with E-state index < -0.39 is 0 Å². The first-order valence-electron chi connectivity index (χ1n) is 5.64. The molecule has 1 unspecified atom stereocenters. The van der Waals surface area contributed by atoms with Crippen molar-refractivity contribution in [3.8, 4) is 5.75 Å². The summed E-state index contributed by atoms with van der Waals surface area (Å²) < 4.78 is 6.57. The third kappa shape index (κ3) is 3.56. The van der Waals surface area contributed by atoms with Crippen molar-refractivity contribution in [2.45, 2.75) is 13.0 Å². The van der Waals surface area contributed by atoms with Gasteiger partial charge in [0.2, 0.25) is 0 Å². The van der Waals surface area contributed by atoms with Crippen LogP contribution in [-0.4, -0.2) is 0 Å². The number of ether oxygens (including phenoxy) is 1. The molecular weight excluding hydrogens is 349 g/mol. The molecular formula is C14H12BrCl2NO. The van der Waals surface area contributed by atoms with E-state index in [9.17, 15) is 0 Å². The van der Waals surface area contributed by atoms with Gasteiger partial charge in [-0.1, -0.05) is 35.3 Å². The van der Waals surface area contributed by atoms with Gasteiger partial charge in [-0.25, -0.2) is 0 Å². The van der Waals surface area contributed by atoms with Gasteiger partial charge in [0.05, 0.1) is 10.0 Å². The highest BCUT2D eigenvalue weighted by molar-refractivity contribution is 9.10. The van der Waals surface area contributed by atoms with Crippen molar-refractivity contribution in [3.05, 3.63) is 56.5 Å². The van der Waals surface area contributed by atoms with E-state index in [0.29, 0.717) is 15.8 Å². The average molecular weight is 361 g/mol. The van der Waals surface area contributed by atoms with E-state index in [-0.39, 0.29) is 6.10 Å². The summed E-state index contributed by atoms with van der Waals surface area (Å²) in [6.45, 7) is 1.94. The molecule has 5 heteroatoms. The molecule has 2 N–H and O–H groups in total. The summed E-state index contributed by atoms with van der Waals surface area (Å²) in [5.74, 6) is 0.555. The molecule has 0 spiro atoms. The van der Waals surface area contributed by atoms with Crippen LogP contribution in [0.1, 0.15) is 18.6 Å². The first-order chi connectivity index (χ1) is 8.97. The third-order valence-corrected chi connectivity index (χ3v) is 4.18. The second kappa shape index (κ2) is 6.04. The molecule has 19 heavy (non-hydrogen) atoms. The standard InChI is InChI=1S/C14H12BrCl2NO/c1-8(9-2-4-10(18)5-3-9)19-14-7-12(16)11(15)6-13(14)17/h2-8H,18H2,1H3. The van der Waals surface area contributed by atoms with Crippen LogP contribution in [0.3, 0.4) is 0 Å². The molecule has 2 nitrogen and oxygen atoms in total. The summed E-state index contributed by atoms with van der Waals surface area (Å²) in [6, 6.07) is 10.9. The average Bonchev–Trinajstić information content (AvgIpc) is 2.36. The topological polar surface area (TPSA) is 35.2 Å². The van der Waals surface area contributed by atoms with Gasteiger partial charge in [0.1, 0.15) is 11.9 Å². The number of nitrogens with two attached hydrogens (primary N) is 1. The van der Waals surface area contributed by atoms with E-state index in [0.717, 1.165) is 15.7 Å². The highest BCUT2D eigenvalue weighted by Gasteiger charge is 2.12. The number of rotatable bonds is 3. The monoisotopic (exact) mass is 359 g/mol. The molecule has 0 saturated carbocycles. The van der Waals surface area contributed by atoms with Crippen molar-refractivity contribution in [1.82, 2.24) is 0 Å². The second-order valence-electron chi connectivity index (χ2n) is 4.12. The predicted octanol–water partition coefficient (Wildman–Crippen LogP) is 5.48. The molecule has 0 fully saturated rings. The van der Waals surface area contributed by atoms with Crippen LogP contribution in [0.5, 0.6) is 5.75 Å². The zero-order chi connectivity index (χ0) is 14.0. The summed E-state index contributed by atoms with van der Waals surface area (Å²) in [6.07, 6.45) is -0.143. The van der Waals surface area contributed by atoms with Crippen molar-refractivity contribution in [2.75, 3.05) is 5.73 Å². The molecule has 0 amide bonds. The van der Waals surface area contributed by atoms with Crippen LogP contribution in [0, 0.1) is 0 Å². The van der Waals surface area contributed by atoms with Crippen LogP contribution in [0.2, 0.25) is 10.0 Å². The van der Waals surface area contributed by atoms with Gasteiger partial charge >= 0.3 is 0 Å². The molecule has 0 aliphatic carbocycles. The van der Waals surface area contributed by atoms with Crippen LogP contribution in [-0.2, 0) is 0 Å². The highest BCUT2D eigenvalue weighted by Crippen LogP contribution is 2.36. The Labute approximate surface area is 130 Å². The number of nitrogen functional groups attached to an aromatic ring is 1. The van der Waals surface area contributed by atoms with E-state index in [2.05, 4.69) is 15.9 Å². The molecule has 100 valence electrons. The Bertz CT molecular complexity index is 587. The van der Waals surface area contributed by atoms with Gasteiger partial charge in [-0.3, -0.25) is 0 Å². The van der Waals surface area contributed by atoms with E-state index in [4.69, 9.17) is 33.7 Å². The number of hydrogen-bond acceptors (Lipinski definition) is 2. The normalized spacial score (nSPS) is 12.2. The maximum absolute atomic E-state index is 6.12. The SMILES string of the molecule is CC(Oc1cc(Cl)c(Br)cc1Cl)c1ccc(N)cc1.